The maximum absolute atomic E-state index is 12.5. The van der Waals surface area contributed by atoms with Gasteiger partial charge in [0, 0.05) is 30.2 Å². The highest BCUT2D eigenvalue weighted by atomic mass is 32.2. The third kappa shape index (κ3) is 2.58. The summed E-state index contributed by atoms with van der Waals surface area (Å²) >= 11 is 1.88. The molecule has 1 fully saturated rings. The highest BCUT2D eigenvalue weighted by Crippen LogP contribution is 2.23. The molecule has 1 amide bonds. The average Bonchev–Trinajstić information content (AvgIpc) is 2.90. The molecule has 1 aromatic heterocycles. The van der Waals surface area contributed by atoms with Gasteiger partial charge in [0.2, 0.25) is 5.89 Å². The highest BCUT2D eigenvalue weighted by Gasteiger charge is 2.24. The van der Waals surface area contributed by atoms with Crippen molar-refractivity contribution in [2.45, 2.75) is 6.92 Å². The molecular weight excluding hydrogens is 272 g/mol. The van der Waals surface area contributed by atoms with Crippen LogP contribution in [0, 0.1) is 6.92 Å². The predicted octanol–water partition coefficient (Wildman–Crippen LogP) is 2.84. The van der Waals surface area contributed by atoms with E-state index in [-0.39, 0.29) is 5.91 Å². The van der Waals surface area contributed by atoms with E-state index in [1.807, 2.05) is 47.0 Å². The first-order valence-corrected chi connectivity index (χ1v) is 7.81. The molecule has 0 aliphatic carbocycles. The first-order valence-electron chi connectivity index (χ1n) is 6.65. The molecule has 4 nitrogen and oxygen atoms in total. The SMILES string of the molecule is Cc1oc(-c2ccccc2)nc1C(=O)N1CCSCC1. The van der Waals surface area contributed by atoms with Crippen molar-refractivity contribution in [2.75, 3.05) is 24.6 Å². The number of rotatable bonds is 2. The van der Waals surface area contributed by atoms with Gasteiger partial charge in [0.25, 0.3) is 5.91 Å². The second-order valence-corrected chi connectivity index (χ2v) is 5.92. The summed E-state index contributed by atoms with van der Waals surface area (Å²) in [7, 11) is 0. The molecule has 20 heavy (non-hydrogen) atoms. The Balaban J connectivity index is 1.87. The molecule has 1 aliphatic heterocycles. The number of carbonyl (C=O) groups is 1. The normalized spacial score (nSPS) is 15.3. The number of carbonyl (C=O) groups excluding carboxylic acids is 1. The Morgan fingerprint density at radius 1 is 1.25 bits per heavy atom. The van der Waals surface area contributed by atoms with Gasteiger partial charge in [0.1, 0.15) is 5.76 Å². The van der Waals surface area contributed by atoms with Gasteiger partial charge in [-0.1, -0.05) is 18.2 Å². The van der Waals surface area contributed by atoms with E-state index in [9.17, 15) is 4.79 Å². The van der Waals surface area contributed by atoms with Crippen LogP contribution in [0.2, 0.25) is 0 Å². The van der Waals surface area contributed by atoms with E-state index in [1.165, 1.54) is 0 Å². The minimum absolute atomic E-state index is 0.0197. The molecule has 0 radical (unpaired) electrons. The van der Waals surface area contributed by atoms with E-state index in [4.69, 9.17) is 4.42 Å². The van der Waals surface area contributed by atoms with Crippen LogP contribution in [0.15, 0.2) is 34.7 Å². The summed E-state index contributed by atoms with van der Waals surface area (Å²) in [6, 6.07) is 9.65. The molecule has 0 unspecified atom stereocenters. The maximum Gasteiger partial charge on any atom is 0.276 e. The minimum Gasteiger partial charge on any atom is -0.441 e. The summed E-state index contributed by atoms with van der Waals surface area (Å²) in [5, 5.41) is 0. The Morgan fingerprint density at radius 2 is 1.95 bits per heavy atom. The van der Waals surface area contributed by atoms with Gasteiger partial charge in [0.05, 0.1) is 0 Å². The van der Waals surface area contributed by atoms with Crippen LogP contribution in [0.1, 0.15) is 16.2 Å². The van der Waals surface area contributed by atoms with Gasteiger partial charge >= 0.3 is 0 Å². The van der Waals surface area contributed by atoms with Crippen molar-refractivity contribution in [3.8, 4) is 11.5 Å². The van der Waals surface area contributed by atoms with E-state index >= 15 is 0 Å². The lowest BCUT2D eigenvalue weighted by Crippen LogP contribution is -2.38. The fourth-order valence-electron chi connectivity index (χ4n) is 2.22. The van der Waals surface area contributed by atoms with Gasteiger partial charge in [-0.2, -0.15) is 11.8 Å². The van der Waals surface area contributed by atoms with E-state index in [1.54, 1.807) is 6.92 Å². The number of thioether (sulfide) groups is 1. The molecular formula is C15H16N2O2S. The number of nitrogens with zero attached hydrogens (tertiary/aromatic N) is 2. The maximum atomic E-state index is 12.5. The Labute approximate surface area is 122 Å². The van der Waals surface area contributed by atoms with Crippen molar-refractivity contribution in [1.29, 1.82) is 0 Å². The van der Waals surface area contributed by atoms with E-state index in [0.29, 0.717) is 17.3 Å². The number of benzene rings is 1. The molecule has 2 aromatic rings. The standard InChI is InChI=1S/C15H16N2O2S/c1-11-13(15(18)17-7-9-20-10-8-17)16-14(19-11)12-5-3-2-4-6-12/h2-6H,7-10H2,1H3. The van der Waals surface area contributed by atoms with E-state index < -0.39 is 0 Å². The van der Waals surface area contributed by atoms with Crippen molar-refractivity contribution < 1.29 is 9.21 Å². The van der Waals surface area contributed by atoms with Gasteiger partial charge in [-0.15, -0.1) is 0 Å². The summed E-state index contributed by atoms with van der Waals surface area (Å²) in [4.78, 5) is 18.7. The van der Waals surface area contributed by atoms with Crippen LogP contribution in [0.25, 0.3) is 11.5 Å². The molecule has 0 saturated carbocycles. The first-order chi connectivity index (χ1) is 9.75. The second-order valence-electron chi connectivity index (χ2n) is 4.69. The molecule has 1 aliphatic rings. The van der Waals surface area contributed by atoms with Crippen molar-refractivity contribution in [3.05, 3.63) is 41.8 Å². The fraction of sp³-hybridized carbons (Fsp3) is 0.333. The number of amides is 1. The van der Waals surface area contributed by atoms with E-state index in [2.05, 4.69) is 4.98 Å². The van der Waals surface area contributed by atoms with Crippen molar-refractivity contribution >= 4 is 17.7 Å². The summed E-state index contributed by atoms with van der Waals surface area (Å²) in [6.45, 7) is 3.37. The molecule has 0 bridgehead atoms. The number of hydrogen-bond donors (Lipinski definition) is 0. The van der Waals surface area contributed by atoms with Crippen LogP contribution in [0.3, 0.4) is 0 Å². The summed E-state index contributed by atoms with van der Waals surface area (Å²) < 4.78 is 5.65. The molecule has 1 saturated heterocycles. The lowest BCUT2D eigenvalue weighted by molar-refractivity contribution is 0.0765. The third-order valence-corrected chi connectivity index (χ3v) is 4.26. The molecule has 104 valence electrons. The fourth-order valence-corrected chi connectivity index (χ4v) is 3.12. The summed E-state index contributed by atoms with van der Waals surface area (Å²) in [5.41, 5.74) is 1.33. The average molecular weight is 288 g/mol. The van der Waals surface area contributed by atoms with Gasteiger partial charge < -0.3 is 9.32 Å². The predicted molar refractivity (Wildman–Crippen MR) is 79.9 cm³/mol. The van der Waals surface area contributed by atoms with Crippen LogP contribution in [-0.4, -0.2) is 40.4 Å². The Morgan fingerprint density at radius 3 is 2.65 bits per heavy atom. The zero-order chi connectivity index (χ0) is 13.9. The third-order valence-electron chi connectivity index (χ3n) is 3.32. The Kier molecular flexibility index (Phi) is 3.78. The molecule has 0 atom stereocenters. The summed E-state index contributed by atoms with van der Waals surface area (Å²) in [5.74, 6) is 3.07. The zero-order valence-electron chi connectivity index (χ0n) is 11.3. The van der Waals surface area contributed by atoms with E-state index in [0.717, 1.165) is 30.2 Å². The van der Waals surface area contributed by atoms with Crippen molar-refractivity contribution in [2.24, 2.45) is 0 Å². The van der Waals surface area contributed by atoms with Crippen LogP contribution >= 0.6 is 11.8 Å². The van der Waals surface area contributed by atoms with Gasteiger partial charge in [-0.25, -0.2) is 4.98 Å². The second kappa shape index (κ2) is 5.71. The smallest absolute Gasteiger partial charge is 0.276 e. The Hall–Kier alpha value is -1.75. The van der Waals surface area contributed by atoms with Crippen LogP contribution in [-0.2, 0) is 0 Å². The number of aryl methyl sites for hydroxylation is 1. The topological polar surface area (TPSA) is 46.3 Å². The Bertz CT molecular complexity index is 604. The lowest BCUT2D eigenvalue weighted by atomic mass is 10.2. The van der Waals surface area contributed by atoms with Crippen molar-refractivity contribution in [1.82, 2.24) is 9.88 Å². The minimum atomic E-state index is -0.0197. The van der Waals surface area contributed by atoms with Crippen LogP contribution < -0.4 is 0 Å². The monoisotopic (exact) mass is 288 g/mol. The molecule has 0 N–H and O–H groups in total. The first kappa shape index (κ1) is 13.2. The van der Waals surface area contributed by atoms with Crippen LogP contribution in [0.5, 0.6) is 0 Å². The van der Waals surface area contributed by atoms with Crippen LogP contribution in [0.4, 0.5) is 0 Å². The largest absolute Gasteiger partial charge is 0.441 e. The van der Waals surface area contributed by atoms with Gasteiger partial charge in [0.15, 0.2) is 5.69 Å². The molecule has 1 aromatic carbocycles. The molecule has 5 heteroatoms. The molecule has 3 rings (SSSR count). The number of oxazole rings is 1. The zero-order valence-corrected chi connectivity index (χ0v) is 12.2. The lowest BCUT2D eigenvalue weighted by Gasteiger charge is -2.25. The number of aromatic nitrogens is 1. The van der Waals surface area contributed by atoms with Crippen molar-refractivity contribution in [3.63, 3.8) is 0 Å². The molecule has 0 spiro atoms. The summed E-state index contributed by atoms with van der Waals surface area (Å²) in [6.07, 6.45) is 0. The van der Waals surface area contributed by atoms with Gasteiger partial charge in [-0.3, -0.25) is 4.79 Å². The number of hydrogen-bond acceptors (Lipinski definition) is 4. The quantitative estimate of drug-likeness (QED) is 0.852. The molecule has 2 heterocycles. The van der Waals surface area contributed by atoms with Gasteiger partial charge in [-0.05, 0) is 19.1 Å². The highest BCUT2D eigenvalue weighted by molar-refractivity contribution is 7.99.